The van der Waals surface area contributed by atoms with Crippen molar-refractivity contribution in [2.75, 3.05) is 12.4 Å². The maximum Gasteiger partial charge on any atom is 0.435 e. The molecule has 37 heavy (non-hydrogen) atoms. The first-order valence-electron chi connectivity index (χ1n) is 10.5. The van der Waals surface area contributed by atoms with Gasteiger partial charge in [0.15, 0.2) is 17.2 Å². The molecule has 0 aliphatic carbocycles. The van der Waals surface area contributed by atoms with Crippen molar-refractivity contribution in [2.45, 2.75) is 6.18 Å². The Morgan fingerprint density at radius 3 is 2.70 bits per heavy atom. The molecule has 2 heterocycles. The number of aliphatic carboxylic acids is 1. The monoisotopic (exact) mass is 506 g/mol. The van der Waals surface area contributed by atoms with Gasteiger partial charge in [0, 0.05) is 35.8 Å². The minimum absolute atomic E-state index is 0.0360. The van der Waals surface area contributed by atoms with Crippen LogP contribution in [0.4, 0.5) is 30.5 Å². The van der Waals surface area contributed by atoms with Crippen molar-refractivity contribution in [3.63, 3.8) is 0 Å². The summed E-state index contributed by atoms with van der Waals surface area (Å²) in [7, 11) is 1.45. The number of anilines is 2. The van der Waals surface area contributed by atoms with E-state index in [-0.39, 0.29) is 11.8 Å². The van der Waals surface area contributed by atoms with Gasteiger partial charge < -0.3 is 15.2 Å². The molecule has 9 nitrogen and oxygen atoms in total. The van der Waals surface area contributed by atoms with E-state index in [2.05, 4.69) is 25.2 Å². The predicted molar refractivity (Wildman–Crippen MR) is 129 cm³/mol. The molecule has 0 fully saturated rings. The lowest BCUT2D eigenvalue weighted by Crippen LogP contribution is -2.10. The largest absolute Gasteiger partial charge is 0.498 e. The quantitative estimate of drug-likeness (QED) is 0.243. The van der Waals surface area contributed by atoms with Crippen molar-refractivity contribution in [1.29, 1.82) is 0 Å². The van der Waals surface area contributed by atoms with Crippen LogP contribution in [0.3, 0.4) is 0 Å². The Kier molecular flexibility index (Phi) is 6.88. The van der Waals surface area contributed by atoms with Gasteiger partial charge in [0.25, 0.3) is 0 Å². The summed E-state index contributed by atoms with van der Waals surface area (Å²) in [4.78, 5) is 23.0. The number of hydrogen-bond donors (Lipinski definition) is 2. The first-order valence-corrected chi connectivity index (χ1v) is 10.5. The highest BCUT2D eigenvalue weighted by Crippen LogP contribution is 2.32. The van der Waals surface area contributed by atoms with Crippen LogP contribution in [0.2, 0.25) is 0 Å². The van der Waals surface area contributed by atoms with Gasteiger partial charge in [-0.1, -0.05) is 18.2 Å². The zero-order valence-corrected chi connectivity index (χ0v) is 19.1. The average Bonchev–Trinajstić information content (AvgIpc) is 3.38. The van der Waals surface area contributed by atoms with E-state index in [1.165, 1.54) is 19.4 Å². The maximum absolute atomic E-state index is 13.2. The number of aromatic nitrogens is 4. The first-order chi connectivity index (χ1) is 17.7. The molecule has 4 aromatic rings. The lowest BCUT2D eigenvalue weighted by Gasteiger charge is -2.13. The summed E-state index contributed by atoms with van der Waals surface area (Å²) in [6, 6.07) is 12.2. The van der Waals surface area contributed by atoms with Crippen molar-refractivity contribution in [1.82, 2.24) is 19.7 Å². The SMILES string of the molecule is [C-]#[N+]c1cc(Nc2ncc(-c3cccc(/C=C/C(=O)O)c3)c(-n3ccc(C(F)(F)F)n3)n2)cc(OC)c1. The lowest BCUT2D eigenvalue weighted by molar-refractivity contribution is -0.141. The lowest BCUT2D eigenvalue weighted by atomic mass is 10.0. The van der Waals surface area contributed by atoms with Crippen LogP contribution in [0.25, 0.3) is 27.9 Å². The van der Waals surface area contributed by atoms with Gasteiger partial charge in [-0.2, -0.15) is 23.3 Å². The molecular weight excluding hydrogens is 489 g/mol. The van der Waals surface area contributed by atoms with Crippen molar-refractivity contribution in [2.24, 2.45) is 0 Å². The number of rotatable bonds is 7. The molecule has 0 saturated heterocycles. The molecule has 0 spiro atoms. The molecule has 0 radical (unpaired) electrons. The van der Waals surface area contributed by atoms with Gasteiger partial charge in [0.2, 0.25) is 5.95 Å². The number of ether oxygens (including phenoxy) is 1. The van der Waals surface area contributed by atoms with E-state index in [0.717, 1.165) is 23.0 Å². The maximum atomic E-state index is 13.2. The number of alkyl halides is 3. The molecule has 12 heteroatoms. The summed E-state index contributed by atoms with van der Waals surface area (Å²) in [5, 5.41) is 15.5. The molecule has 0 unspecified atom stereocenters. The number of nitrogens with one attached hydrogen (secondary N) is 1. The number of benzene rings is 2. The summed E-state index contributed by atoms with van der Waals surface area (Å²) in [5.74, 6) is -0.629. The standard InChI is InChI=1S/C25H17F3N6O3/c1-29-17-11-18(13-19(12-17)37-2)31-24-30-14-20(16-5-3-4-15(10-16)6-7-22(35)36)23(32-24)34-9-8-21(33-34)25(26,27)28/h3-14H,2H3,(H,35,36)(H,30,31,32)/b7-6+. The normalized spacial score (nSPS) is 11.3. The van der Waals surface area contributed by atoms with E-state index in [1.807, 2.05) is 0 Å². The number of carboxylic acid groups (broad SMARTS) is 1. The van der Waals surface area contributed by atoms with E-state index < -0.39 is 17.8 Å². The molecule has 0 saturated carbocycles. The third-order valence-electron chi connectivity index (χ3n) is 4.99. The number of hydrogen-bond acceptors (Lipinski definition) is 6. The number of carbonyl (C=O) groups is 1. The van der Waals surface area contributed by atoms with E-state index in [4.69, 9.17) is 16.4 Å². The molecule has 0 atom stereocenters. The summed E-state index contributed by atoms with van der Waals surface area (Å²) in [6.07, 6.45) is 0.247. The van der Waals surface area contributed by atoms with Crippen LogP contribution in [0.5, 0.6) is 5.75 Å². The number of halogens is 3. The van der Waals surface area contributed by atoms with Crippen LogP contribution in [-0.2, 0) is 11.0 Å². The highest BCUT2D eigenvalue weighted by atomic mass is 19.4. The Morgan fingerprint density at radius 2 is 2.03 bits per heavy atom. The zero-order chi connectivity index (χ0) is 26.6. The van der Waals surface area contributed by atoms with Gasteiger partial charge in [-0.3, -0.25) is 0 Å². The van der Waals surface area contributed by atoms with E-state index in [1.54, 1.807) is 42.5 Å². The molecule has 186 valence electrons. The van der Waals surface area contributed by atoms with Gasteiger partial charge in [-0.25, -0.2) is 19.3 Å². The van der Waals surface area contributed by atoms with Gasteiger partial charge in [-0.15, -0.1) is 0 Å². The first kappa shape index (κ1) is 24.9. The summed E-state index contributed by atoms with van der Waals surface area (Å²) in [6.45, 7) is 7.25. The van der Waals surface area contributed by atoms with Crippen LogP contribution in [0, 0.1) is 6.57 Å². The molecule has 2 aromatic heterocycles. The fraction of sp³-hybridized carbons (Fsp3) is 0.0800. The van der Waals surface area contributed by atoms with Gasteiger partial charge in [0.1, 0.15) is 5.75 Å². The molecule has 4 rings (SSSR count). The van der Waals surface area contributed by atoms with E-state index in [0.29, 0.717) is 33.8 Å². The van der Waals surface area contributed by atoms with E-state index in [9.17, 15) is 18.0 Å². The molecular formula is C25H17F3N6O3. The fourth-order valence-electron chi connectivity index (χ4n) is 3.35. The Hall–Kier alpha value is -5.18. The van der Waals surface area contributed by atoms with Crippen molar-refractivity contribution < 1.29 is 27.8 Å². The van der Waals surface area contributed by atoms with Gasteiger partial charge in [-0.05, 0) is 41.5 Å². The second-order valence-electron chi connectivity index (χ2n) is 7.53. The number of carboxylic acids is 1. The van der Waals surface area contributed by atoms with Crippen molar-refractivity contribution in [3.05, 3.63) is 89.7 Å². The van der Waals surface area contributed by atoms with Gasteiger partial charge in [0.05, 0.1) is 13.7 Å². The smallest absolute Gasteiger partial charge is 0.435 e. The van der Waals surface area contributed by atoms with Crippen LogP contribution < -0.4 is 10.1 Å². The third kappa shape index (κ3) is 5.91. The Balaban J connectivity index is 1.81. The number of nitrogens with zero attached hydrogens (tertiary/aromatic N) is 5. The van der Waals surface area contributed by atoms with Crippen LogP contribution >= 0.6 is 0 Å². The molecule has 0 amide bonds. The summed E-state index contributed by atoms with van der Waals surface area (Å²) < 4.78 is 45.9. The predicted octanol–water partition coefficient (Wildman–Crippen LogP) is 5.75. The topological polar surface area (TPSA) is 107 Å². The van der Waals surface area contributed by atoms with Gasteiger partial charge >= 0.3 is 12.1 Å². The fourth-order valence-corrected chi connectivity index (χ4v) is 3.35. The molecule has 2 N–H and O–H groups in total. The van der Waals surface area contributed by atoms with E-state index >= 15 is 0 Å². The van der Waals surface area contributed by atoms with Crippen molar-refractivity contribution in [3.8, 4) is 22.7 Å². The molecule has 0 aliphatic rings. The minimum atomic E-state index is -4.65. The highest BCUT2D eigenvalue weighted by Gasteiger charge is 2.34. The second-order valence-corrected chi connectivity index (χ2v) is 7.53. The third-order valence-corrected chi connectivity index (χ3v) is 4.99. The summed E-state index contributed by atoms with van der Waals surface area (Å²) >= 11 is 0. The Bertz CT molecular complexity index is 1540. The Morgan fingerprint density at radius 1 is 1.22 bits per heavy atom. The number of methoxy groups -OCH3 is 1. The highest BCUT2D eigenvalue weighted by molar-refractivity contribution is 5.86. The van der Waals surface area contributed by atoms with Crippen LogP contribution in [0.15, 0.2) is 67.0 Å². The summed E-state index contributed by atoms with van der Waals surface area (Å²) in [5.41, 5.74) is 1.05. The second kappa shape index (κ2) is 10.2. The molecule has 0 bridgehead atoms. The Labute approximate surface area is 208 Å². The van der Waals surface area contributed by atoms with Crippen LogP contribution in [0.1, 0.15) is 11.3 Å². The zero-order valence-electron chi connectivity index (χ0n) is 19.1. The van der Waals surface area contributed by atoms with Crippen LogP contribution in [-0.4, -0.2) is 37.9 Å². The minimum Gasteiger partial charge on any atom is -0.498 e. The molecule has 2 aromatic carbocycles. The average molecular weight is 506 g/mol. The molecule has 0 aliphatic heterocycles. The van der Waals surface area contributed by atoms with Crippen molar-refractivity contribution >= 4 is 29.4 Å².